The molecular weight excluding hydrogens is 280 g/mol. The zero-order chi connectivity index (χ0) is 10.7. The summed E-state index contributed by atoms with van der Waals surface area (Å²) >= 11 is 4.32. The predicted octanol–water partition coefficient (Wildman–Crippen LogP) is 1.95. The molecule has 0 fully saturated rings. The lowest BCUT2D eigenvalue weighted by Crippen LogP contribution is -2.12. The maximum atomic E-state index is 11.7. The van der Waals surface area contributed by atoms with Crippen LogP contribution in [0.2, 0.25) is 0 Å². The van der Waals surface area contributed by atoms with Crippen LogP contribution in [0, 0.1) is 0 Å². The number of amides is 1. The summed E-state index contributed by atoms with van der Waals surface area (Å²) in [5.41, 5.74) is 0.549. The summed E-state index contributed by atoms with van der Waals surface area (Å²) in [5, 5.41) is 9.98. The van der Waals surface area contributed by atoms with Crippen LogP contribution in [0.5, 0.6) is 0 Å². The average Bonchev–Trinajstić information content (AvgIpc) is 2.71. The number of nitrogens with zero attached hydrogens (tertiary/aromatic N) is 3. The van der Waals surface area contributed by atoms with Crippen LogP contribution in [0.3, 0.4) is 0 Å². The number of hydrogen-bond donors (Lipinski definition) is 1. The van der Waals surface area contributed by atoms with Crippen molar-refractivity contribution >= 4 is 38.5 Å². The molecule has 1 amide bonds. The van der Waals surface area contributed by atoms with Gasteiger partial charge in [-0.25, -0.2) is 0 Å². The summed E-state index contributed by atoms with van der Waals surface area (Å²) in [5.74, 6) is -0.235. The number of aromatic nitrogens is 3. The maximum Gasteiger partial charge on any atom is 0.258 e. The second kappa shape index (κ2) is 4.45. The molecule has 0 aliphatic carbocycles. The van der Waals surface area contributed by atoms with Crippen molar-refractivity contribution in [3.8, 4) is 0 Å². The Bertz CT molecular complexity index is 473. The van der Waals surface area contributed by atoms with Gasteiger partial charge >= 0.3 is 0 Å². The summed E-state index contributed by atoms with van der Waals surface area (Å²) < 4.78 is 4.28. The third-order valence-electron chi connectivity index (χ3n) is 1.64. The molecule has 0 unspecified atom stereocenters. The Balaban J connectivity index is 2.19. The molecule has 15 heavy (non-hydrogen) atoms. The molecule has 0 atom stereocenters. The number of hydrogen-bond acceptors (Lipinski definition) is 5. The minimum absolute atomic E-state index is 0.235. The topological polar surface area (TPSA) is 67.8 Å². The highest BCUT2D eigenvalue weighted by Gasteiger charge is 2.10. The second-order valence-electron chi connectivity index (χ2n) is 2.60. The molecular formula is C8H5BrN4OS. The van der Waals surface area contributed by atoms with Crippen LogP contribution < -0.4 is 5.32 Å². The van der Waals surface area contributed by atoms with Crippen LogP contribution in [-0.4, -0.2) is 20.7 Å². The molecule has 7 heteroatoms. The molecule has 0 aliphatic rings. The van der Waals surface area contributed by atoms with Crippen LogP contribution >= 0.6 is 27.5 Å². The van der Waals surface area contributed by atoms with Gasteiger partial charge in [0.2, 0.25) is 5.13 Å². The van der Waals surface area contributed by atoms with E-state index in [2.05, 4.69) is 36.0 Å². The van der Waals surface area contributed by atoms with Crippen molar-refractivity contribution < 1.29 is 4.79 Å². The first-order valence-corrected chi connectivity index (χ1v) is 5.55. The highest BCUT2D eigenvalue weighted by molar-refractivity contribution is 9.10. The lowest BCUT2D eigenvalue weighted by atomic mass is 10.2. The summed E-state index contributed by atoms with van der Waals surface area (Å²) in [7, 11) is 0. The molecule has 2 rings (SSSR count). The fourth-order valence-electron chi connectivity index (χ4n) is 0.992. The van der Waals surface area contributed by atoms with Gasteiger partial charge in [0.15, 0.2) is 0 Å². The highest BCUT2D eigenvalue weighted by atomic mass is 79.9. The first-order chi connectivity index (χ1) is 7.27. The van der Waals surface area contributed by atoms with E-state index >= 15 is 0 Å². The quantitative estimate of drug-likeness (QED) is 0.915. The third-order valence-corrected chi connectivity index (χ3v) is 2.84. The van der Waals surface area contributed by atoms with Gasteiger partial charge < -0.3 is 0 Å². The predicted molar refractivity (Wildman–Crippen MR) is 59.8 cm³/mol. The fraction of sp³-hybridized carbons (Fsp3) is 0. The van der Waals surface area contributed by atoms with Crippen molar-refractivity contribution in [2.45, 2.75) is 0 Å². The van der Waals surface area contributed by atoms with Crippen LogP contribution in [0.25, 0.3) is 0 Å². The molecule has 1 heterocycles. The van der Waals surface area contributed by atoms with Gasteiger partial charge in [0.1, 0.15) is 0 Å². The number of nitrogens with one attached hydrogen (secondary N) is 1. The Hall–Kier alpha value is -1.34. The van der Waals surface area contributed by atoms with Crippen LogP contribution in [0.1, 0.15) is 10.4 Å². The van der Waals surface area contributed by atoms with Gasteiger partial charge in [0, 0.05) is 16.0 Å². The number of rotatable bonds is 2. The van der Waals surface area contributed by atoms with E-state index in [0.717, 1.165) is 16.0 Å². The molecule has 0 spiro atoms. The maximum absolute atomic E-state index is 11.7. The lowest BCUT2D eigenvalue weighted by molar-refractivity contribution is 0.102. The van der Waals surface area contributed by atoms with Gasteiger partial charge in [-0.05, 0) is 33.3 Å². The van der Waals surface area contributed by atoms with Crippen LogP contribution in [0.15, 0.2) is 28.7 Å². The summed E-state index contributed by atoms with van der Waals surface area (Å²) in [4.78, 5) is 11.7. The molecule has 0 aliphatic heterocycles. The Morgan fingerprint density at radius 2 is 2.20 bits per heavy atom. The molecule has 0 bridgehead atoms. The smallest absolute Gasteiger partial charge is 0.258 e. The van der Waals surface area contributed by atoms with E-state index in [1.54, 1.807) is 18.2 Å². The van der Waals surface area contributed by atoms with Crippen molar-refractivity contribution in [2.75, 3.05) is 5.32 Å². The normalized spacial score (nSPS) is 9.93. The number of benzene rings is 1. The standard InChI is InChI=1S/C8H5BrN4OS/c9-6-4-2-1-3-5(6)7(14)10-8-11-12-13-15-8/h1-4H,(H,10,11,13,14). The minimum atomic E-state index is -0.235. The van der Waals surface area contributed by atoms with E-state index in [1.165, 1.54) is 0 Å². The lowest BCUT2D eigenvalue weighted by Gasteiger charge is -2.02. The van der Waals surface area contributed by atoms with Gasteiger partial charge in [-0.3, -0.25) is 10.1 Å². The molecule has 1 aromatic heterocycles. The van der Waals surface area contributed by atoms with E-state index in [4.69, 9.17) is 0 Å². The second-order valence-corrected chi connectivity index (χ2v) is 4.19. The highest BCUT2D eigenvalue weighted by Crippen LogP contribution is 2.17. The largest absolute Gasteiger partial charge is 0.295 e. The third kappa shape index (κ3) is 2.37. The molecule has 2 aromatic rings. The van der Waals surface area contributed by atoms with Crippen molar-refractivity contribution in [1.29, 1.82) is 0 Å². The SMILES string of the molecule is O=C(Nc1nnns1)c1ccccc1Br. The zero-order valence-electron chi connectivity index (χ0n) is 7.35. The van der Waals surface area contributed by atoms with Crippen LogP contribution in [0.4, 0.5) is 5.13 Å². The molecule has 1 aromatic carbocycles. The Labute approximate surface area is 97.8 Å². The molecule has 5 nitrogen and oxygen atoms in total. The van der Waals surface area contributed by atoms with Crippen molar-refractivity contribution in [3.05, 3.63) is 34.3 Å². The number of halogens is 1. The molecule has 0 saturated heterocycles. The molecule has 0 radical (unpaired) electrons. The van der Waals surface area contributed by atoms with E-state index in [9.17, 15) is 4.79 Å². The monoisotopic (exact) mass is 284 g/mol. The van der Waals surface area contributed by atoms with E-state index < -0.39 is 0 Å². The number of anilines is 1. The van der Waals surface area contributed by atoms with Crippen molar-refractivity contribution in [3.63, 3.8) is 0 Å². The van der Waals surface area contributed by atoms with Crippen LogP contribution in [-0.2, 0) is 0 Å². The molecule has 0 saturated carbocycles. The average molecular weight is 285 g/mol. The first-order valence-electron chi connectivity index (χ1n) is 3.98. The Morgan fingerprint density at radius 3 is 2.87 bits per heavy atom. The van der Waals surface area contributed by atoms with Gasteiger partial charge in [-0.1, -0.05) is 21.7 Å². The van der Waals surface area contributed by atoms with Gasteiger partial charge in [-0.2, -0.15) is 0 Å². The summed E-state index contributed by atoms with van der Waals surface area (Å²) in [6, 6.07) is 7.15. The zero-order valence-corrected chi connectivity index (χ0v) is 9.75. The van der Waals surface area contributed by atoms with E-state index in [0.29, 0.717) is 10.7 Å². The summed E-state index contributed by atoms with van der Waals surface area (Å²) in [6.45, 7) is 0. The minimum Gasteiger partial charge on any atom is -0.295 e. The summed E-state index contributed by atoms with van der Waals surface area (Å²) in [6.07, 6.45) is 0. The number of carbonyl (C=O) groups excluding carboxylic acids is 1. The van der Waals surface area contributed by atoms with Gasteiger partial charge in [0.25, 0.3) is 5.91 Å². The Kier molecular flexibility index (Phi) is 3.02. The molecule has 1 N–H and O–H groups in total. The first kappa shape index (κ1) is 10.2. The van der Waals surface area contributed by atoms with E-state index in [-0.39, 0.29) is 5.91 Å². The molecule has 76 valence electrons. The number of carbonyl (C=O) groups is 1. The fourth-order valence-corrected chi connectivity index (χ4v) is 1.82. The van der Waals surface area contributed by atoms with Gasteiger partial charge in [0.05, 0.1) is 5.56 Å². The Morgan fingerprint density at radius 1 is 1.40 bits per heavy atom. The van der Waals surface area contributed by atoms with Crippen molar-refractivity contribution in [2.24, 2.45) is 0 Å². The van der Waals surface area contributed by atoms with Gasteiger partial charge in [-0.15, -0.1) is 0 Å². The van der Waals surface area contributed by atoms with E-state index in [1.807, 2.05) is 6.07 Å². The van der Waals surface area contributed by atoms with Crippen molar-refractivity contribution in [1.82, 2.24) is 14.8 Å².